The first kappa shape index (κ1) is 12.5. The number of fused-ring (bicyclic) bond motifs is 2. The molecule has 0 fully saturated rings. The van der Waals surface area contributed by atoms with E-state index in [0.29, 0.717) is 6.42 Å². The summed E-state index contributed by atoms with van der Waals surface area (Å²) in [5.41, 5.74) is 2.42. The van der Waals surface area contributed by atoms with Crippen LogP contribution in [0, 0.1) is 0 Å². The van der Waals surface area contributed by atoms with E-state index in [0.717, 1.165) is 39.8 Å². The largest absolute Gasteiger partial charge is 0.481 e. The van der Waals surface area contributed by atoms with Crippen LogP contribution in [0.1, 0.15) is 29.3 Å². The third-order valence-electron chi connectivity index (χ3n) is 3.84. The molecule has 0 saturated heterocycles. The van der Waals surface area contributed by atoms with Crippen LogP contribution in [-0.2, 0) is 11.2 Å². The number of pyridine rings is 1. The molecule has 106 valence electrons. The normalized spacial score (nSPS) is 17.8. The molecule has 1 aliphatic rings. The number of imidazole rings is 1. The summed E-state index contributed by atoms with van der Waals surface area (Å²) in [5.74, 6) is -1.24. The number of hydrogen-bond acceptors (Lipinski definition) is 4. The van der Waals surface area contributed by atoms with Crippen molar-refractivity contribution in [3.05, 3.63) is 41.2 Å². The molecule has 1 aliphatic carbocycles. The second-order valence-electron chi connectivity index (χ2n) is 5.20. The molecule has 21 heavy (non-hydrogen) atoms. The topological polar surface area (TPSA) is 67.5 Å². The van der Waals surface area contributed by atoms with Crippen molar-refractivity contribution >= 4 is 23.0 Å². The third kappa shape index (κ3) is 2.03. The van der Waals surface area contributed by atoms with Crippen LogP contribution in [0.2, 0.25) is 0 Å². The average molecular weight is 299 g/mol. The van der Waals surface area contributed by atoms with Gasteiger partial charge in [-0.25, -0.2) is 9.97 Å². The molecule has 0 amide bonds. The number of carbonyl (C=O) groups is 1. The van der Waals surface area contributed by atoms with Crippen molar-refractivity contribution in [3.63, 3.8) is 0 Å². The number of aliphatic carboxylic acids is 1. The summed E-state index contributed by atoms with van der Waals surface area (Å²) in [6, 6.07) is 5.84. The van der Waals surface area contributed by atoms with E-state index in [4.69, 9.17) is 0 Å². The number of carboxylic acid groups (broad SMARTS) is 1. The molecular weight excluding hydrogens is 286 g/mol. The molecule has 1 N–H and O–H groups in total. The lowest BCUT2D eigenvalue weighted by molar-refractivity contribution is -0.139. The van der Waals surface area contributed by atoms with Gasteiger partial charge in [0, 0.05) is 17.3 Å². The molecule has 0 aliphatic heterocycles. The summed E-state index contributed by atoms with van der Waals surface area (Å²) in [6.45, 7) is 0. The van der Waals surface area contributed by atoms with E-state index in [-0.39, 0.29) is 0 Å². The molecule has 1 unspecified atom stereocenters. The Morgan fingerprint density at radius 2 is 2.29 bits per heavy atom. The van der Waals surface area contributed by atoms with Gasteiger partial charge in [-0.2, -0.15) is 0 Å². The van der Waals surface area contributed by atoms with Crippen molar-refractivity contribution in [2.75, 3.05) is 0 Å². The van der Waals surface area contributed by atoms with Crippen LogP contribution in [0.4, 0.5) is 0 Å². The van der Waals surface area contributed by atoms with Crippen molar-refractivity contribution in [2.45, 2.75) is 25.2 Å². The Morgan fingerprint density at radius 3 is 3.10 bits per heavy atom. The van der Waals surface area contributed by atoms with Gasteiger partial charge in [0.25, 0.3) is 0 Å². The molecule has 0 spiro atoms. The zero-order valence-corrected chi connectivity index (χ0v) is 12.0. The van der Waals surface area contributed by atoms with Crippen LogP contribution in [0.3, 0.4) is 0 Å². The van der Waals surface area contributed by atoms with Gasteiger partial charge in [-0.15, -0.1) is 11.3 Å². The van der Waals surface area contributed by atoms with E-state index in [9.17, 15) is 9.90 Å². The number of carboxylic acids is 1. The lowest BCUT2D eigenvalue weighted by Gasteiger charge is -2.16. The summed E-state index contributed by atoms with van der Waals surface area (Å²) in [4.78, 5) is 21.6. The highest BCUT2D eigenvalue weighted by molar-refractivity contribution is 7.15. The molecular formula is C15H13N3O2S. The molecule has 3 aromatic heterocycles. The van der Waals surface area contributed by atoms with Gasteiger partial charge in [0.05, 0.1) is 5.69 Å². The van der Waals surface area contributed by atoms with Gasteiger partial charge >= 0.3 is 5.97 Å². The first-order valence-electron chi connectivity index (χ1n) is 6.89. The van der Waals surface area contributed by atoms with Crippen LogP contribution in [0.25, 0.3) is 16.3 Å². The Balaban J connectivity index is 1.81. The van der Waals surface area contributed by atoms with Gasteiger partial charge in [-0.3, -0.25) is 4.79 Å². The first-order chi connectivity index (χ1) is 10.2. The summed E-state index contributed by atoms with van der Waals surface area (Å²) in [6.07, 6.45) is 6.40. The highest BCUT2D eigenvalue weighted by Gasteiger charge is 2.30. The Kier molecular flexibility index (Phi) is 2.78. The van der Waals surface area contributed by atoms with Crippen molar-refractivity contribution in [1.82, 2.24) is 14.4 Å². The standard InChI is InChI=1S/C15H13N3O2S/c19-15(20)9-4-3-5-11-13(9)17-14(21-11)10-8-18-7-2-1-6-12(18)16-10/h1-2,6-9H,3-5H2,(H,19,20). The van der Waals surface area contributed by atoms with Crippen molar-refractivity contribution in [3.8, 4) is 10.7 Å². The highest BCUT2D eigenvalue weighted by Crippen LogP contribution is 2.38. The number of rotatable bonds is 2. The number of aryl methyl sites for hydroxylation is 1. The molecule has 0 saturated carbocycles. The summed E-state index contributed by atoms with van der Waals surface area (Å²) >= 11 is 1.57. The Morgan fingerprint density at radius 1 is 1.38 bits per heavy atom. The molecule has 3 aromatic rings. The number of aromatic nitrogens is 3. The number of thiazole rings is 1. The maximum Gasteiger partial charge on any atom is 0.312 e. The first-order valence-corrected chi connectivity index (χ1v) is 7.70. The minimum atomic E-state index is -0.775. The van der Waals surface area contributed by atoms with Crippen LogP contribution < -0.4 is 0 Å². The van der Waals surface area contributed by atoms with Crippen molar-refractivity contribution in [2.24, 2.45) is 0 Å². The smallest absolute Gasteiger partial charge is 0.312 e. The molecule has 4 rings (SSSR count). The van der Waals surface area contributed by atoms with E-state index in [2.05, 4.69) is 9.97 Å². The van der Waals surface area contributed by atoms with Crippen LogP contribution in [-0.4, -0.2) is 25.4 Å². The van der Waals surface area contributed by atoms with Gasteiger partial charge in [0.2, 0.25) is 0 Å². The fourth-order valence-electron chi connectivity index (χ4n) is 2.81. The molecule has 5 nitrogen and oxygen atoms in total. The van der Waals surface area contributed by atoms with Crippen LogP contribution in [0.15, 0.2) is 30.6 Å². The Bertz CT molecular complexity index is 803. The van der Waals surface area contributed by atoms with Gasteiger partial charge in [-0.1, -0.05) is 6.07 Å². The number of nitrogens with zero attached hydrogens (tertiary/aromatic N) is 3. The van der Waals surface area contributed by atoms with Gasteiger partial charge in [0.1, 0.15) is 22.3 Å². The quantitative estimate of drug-likeness (QED) is 0.790. The van der Waals surface area contributed by atoms with Gasteiger partial charge < -0.3 is 9.51 Å². The Hall–Kier alpha value is -2.21. The van der Waals surface area contributed by atoms with Crippen molar-refractivity contribution in [1.29, 1.82) is 0 Å². The molecule has 0 radical (unpaired) electrons. The molecule has 3 heterocycles. The van der Waals surface area contributed by atoms with E-state index in [1.54, 1.807) is 11.3 Å². The predicted octanol–water partition coefficient (Wildman–Crippen LogP) is 2.96. The monoisotopic (exact) mass is 299 g/mol. The number of hydrogen-bond donors (Lipinski definition) is 1. The molecule has 0 bridgehead atoms. The maximum absolute atomic E-state index is 11.3. The van der Waals surface area contributed by atoms with Crippen LogP contribution >= 0.6 is 11.3 Å². The lowest BCUT2D eigenvalue weighted by Crippen LogP contribution is -2.17. The van der Waals surface area contributed by atoms with Gasteiger partial charge in [0.15, 0.2) is 0 Å². The minimum absolute atomic E-state index is 0.462. The molecule has 0 aromatic carbocycles. The maximum atomic E-state index is 11.3. The summed E-state index contributed by atoms with van der Waals surface area (Å²) < 4.78 is 1.95. The highest BCUT2D eigenvalue weighted by atomic mass is 32.1. The minimum Gasteiger partial charge on any atom is -0.481 e. The summed E-state index contributed by atoms with van der Waals surface area (Å²) in [5, 5.41) is 10.1. The van der Waals surface area contributed by atoms with Crippen LogP contribution in [0.5, 0.6) is 0 Å². The molecule has 1 atom stereocenters. The van der Waals surface area contributed by atoms with E-state index in [1.807, 2.05) is 35.0 Å². The van der Waals surface area contributed by atoms with Crippen molar-refractivity contribution < 1.29 is 9.90 Å². The van der Waals surface area contributed by atoms with E-state index in [1.165, 1.54) is 0 Å². The molecule has 6 heteroatoms. The van der Waals surface area contributed by atoms with E-state index < -0.39 is 11.9 Å². The van der Waals surface area contributed by atoms with E-state index >= 15 is 0 Å². The SMILES string of the molecule is O=C(O)C1CCCc2sc(-c3cn4ccccc4n3)nc21. The fourth-order valence-corrected chi connectivity index (χ4v) is 3.93. The zero-order chi connectivity index (χ0) is 14.4. The van der Waals surface area contributed by atoms with Gasteiger partial charge in [-0.05, 0) is 31.4 Å². The summed E-state index contributed by atoms with van der Waals surface area (Å²) in [7, 11) is 0. The fraction of sp³-hybridized carbons (Fsp3) is 0.267. The lowest BCUT2D eigenvalue weighted by atomic mass is 9.91. The second-order valence-corrected chi connectivity index (χ2v) is 6.29. The Labute approximate surface area is 124 Å². The predicted molar refractivity (Wildman–Crippen MR) is 79.6 cm³/mol. The zero-order valence-electron chi connectivity index (χ0n) is 11.2. The second kappa shape index (κ2) is 4.66. The third-order valence-corrected chi connectivity index (χ3v) is 4.99. The average Bonchev–Trinajstić information content (AvgIpc) is 3.09.